The zero-order valence-electron chi connectivity index (χ0n) is 14.8. The van der Waals surface area contributed by atoms with Crippen LogP contribution in [0.25, 0.3) is 0 Å². The summed E-state index contributed by atoms with van der Waals surface area (Å²) in [5.41, 5.74) is 0.545. The van der Waals surface area contributed by atoms with E-state index in [9.17, 15) is 13.2 Å². The molecule has 2 aromatic rings. The highest BCUT2D eigenvalue weighted by Crippen LogP contribution is 2.24. The Hall–Kier alpha value is -2.34. The molecule has 1 aliphatic heterocycles. The molecule has 5 nitrogen and oxygen atoms in total. The SMILES string of the molecule is CCCN(C(=O)c1ccc(Oc2ccccc2)cc1)[C@@H]1CCS(=O)(=O)C1. The normalized spacial score (nSPS) is 18.4. The maximum absolute atomic E-state index is 12.9. The molecule has 2 aromatic carbocycles. The van der Waals surface area contributed by atoms with Crippen molar-refractivity contribution >= 4 is 15.7 Å². The molecule has 1 saturated heterocycles. The van der Waals surface area contributed by atoms with Crippen molar-refractivity contribution in [3.63, 3.8) is 0 Å². The average molecular weight is 373 g/mol. The highest BCUT2D eigenvalue weighted by Gasteiger charge is 2.34. The topological polar surface area (TPSA) is 63.7 Å². The monoisotopic (exact) mass is 373 g/mol. The number of carbonyl (C=O) groups excluding carboxylic acids is 1. The molecular weight excluding hydrogens is 350 g/mol. The van der Waals surface area contributed by atoms with Crippen molar-refractivity contribution in [3.8, 4) is 11.5 Å². The zero-order valence-corrected chi connectivity index (χ0v) is 15.6. The van der Waals surface area contributed by atoms with Gasteiger partial charge >= 0.3 is 0 Å². The van der Waals surface area contributed by atoms with Gasteiger partial charge in [-0.25, -0.2) is 8.42 Å². The third kappa shape index (κ3) is 4.43. The van der Waals surface area contributed by atoms with E-state index in [0.717, 1.165) is 12.2 Å². The zero-order chi connectivity index (χ0) is 18.6. The highest BCUT2D eigenvalue weighted by molar-refractivity contribution is 7.91. The first-order valence-corrected chi connectivity index (χ1v) is 10.6. The molecule has 26 heavy (non-hydrogen) atoms. The molecule has 0 bridgehead atoms. The summed E-state index contributed by atoms with van der Waals surface area (Å²) in [5.74, 6) is 1.48. The maximum Gasteiger partial charge on any atom is 0.254 e. The molecule has 0 radical (unpaired) electrons. The van der Waals surface area contributed by atoms with Gasteiger partial charge in [-0.2, -0.15) is 0 Å². The fourth-order valence-electron chi connectivity index (χ4n) is 3.17. The lowest BCUT2D eigenvalue weighted by atomic mass is 10.1. The van der Waals surface area contributed by atoms with Crippen LogP contribution in [0.2, 0.25) is 0 Å². The Bertz CT molecular complexity index is 847. The third-order valence-electron chi connectivity index (χ3n) is 4.45. The van der Waals surface area contributed by atoms with E-state index in [-0.39, 0.29) is 23.5 Å². The Kier molecular flexibility index (Phi) is 5.61. The number of benzene rings is 2. The number of sulfone groups is 1. The van der Waals surface area contributed by atoms with Crippen molar-refractivity contribution in [2.24, 2.45) is 0 Å². The molecular formula is C20H23NO4S. The summed E-state index contributed by atoms with van der Waals surface area (Å²) in [6.07, 6.45) is 1.31. The predicted molar refractivity (Wildman–Crippen MR) is 101 cm³/mol. The van der Waals surface area contributed by atoms with Gasteiger partial charge in [0, 0.05) is 18.2 Å². The maximum atomic E-state index is 12.9. The summed E-state index contributed by atoms with van der Waals surface area (Å²) in [6.45, 7) is 2.54. The number of ether oxygens (including phenoxy) is 1. The van der Waals surface area contributed by atoms with E-state index in [4.69, 9.17) is 4.74 Å². The van der Waals surface area contributed by atoms with E-state index in [1.807, 2.05) is 37.3 Å². The van der Waals surface area contributed by atoms with Crippen LogP contribution in [0.3, 0.4) is 0 Å². The second kappa shape index (κ2) is 7.91. The predicted octanol–water partition coefficient (Wildman–Crippen LogP) is 3.52. The van der Waals surface area contributed by atoms with Gasteiger partial charge in [0.25, 0.3) is 5.91 Å². The Balaban J connectivity index is 1.73. The molecule has 0 unspecified atom stereocenters. The number of nitrogens with zero attached hydrogens (tertiary/aromatic N) is 1. The molecule has 1 heterocycles. The lowest BCUT2D eigenvalue weighted by molar-refractivity contribution is 0.0697. The summed E-state index contributed by atoms with van der Waals surface area (Å²) in [4.78, 5) is 14.6. The number of para-hydroxylation sites is 1. The summed E-state index contributed by atoms with van der Waals surface area (Å²) in [5, 5.41) is 0. The fraction of sp³-hybridized carbons (Fsp3) is 0.350. The van der Waals surface area contributed by atoms with Crippen LogP contribution >= 0.6 is 0 Å². The number of amides is 1. The van der Waals surface area contributed by atoms with Crippen molar-refractivity contribution in [2.45, 2.75) is 25.8 Å². The van der Waals surface area contributed by atoms with Gasteiger partial charge in [0.15, 0.2) is 9.84 Å². The summed E-state index contributed by atoms with van der Waals surface area (Å²) in [6, 6.07) is 16.2. The molecule has 0 aliphatic carbocycles. The van der Waals surface area contributed by atoms with Crippen LogP contribution < -0.4 is 4.74 Å². The van der Waals surface area contributed by atoms with Gasteiger partial charge in [0.05, 0.1) is 11.5 Å². The average Bonchev–Trinajstić information content (AvgIpc) is 3.00. The van der Waals surface area contributed by atoms with Gasteiger partial charge in [-0.05, 0) is 49.2 Å². The van der Waals surface area contributed by atoms with Crippen LogP contribution in [0.5, 0.6) is 11.5 Å². The van der Waals surface area contributed by atoms with Crippen molar-refractivity contribution < 1.29 is 17.9 Å². The molecule has 0 spiro atoms. The van der Waals surface area contributed by atoms with E-state index in [1.54, 1.807) is 29.2 Å². The third-order valence-corrected chi connectivity index (χ3v) is 6.21. The van der Waals surface area contributed by atoms with Crippen LogP contribution in [0.15, 0.2) is 54.6 Å². The van der Waals surface area contributed by atoms with Crippen LogP contribution in [-0.4, -0.2) is 43.3 Å². The Morgan fingerprint density at radius 3 is 2.31 bits per heavy atom. The Morgan fingerprint density at radius 1 is 1.08 bits per heavy atom. The minimum atomic E-state index is -3.03. The van der Waals surface area contributed by atoms with Gasteiger partial charge in [-0.1, -0.05) is 25.1 Å². The number of carbonyl (C=O) groups is 1. The second-order valence-electron chi connectivity index (χ2n) is 6.49. The smallest absolute Gasteiger partial charge is 0.254 e. The van der Waals surface area contributed by atoms with Gasteiger partial charge in [0.2, 0.25) is 0 Å². The summed E-state index contributed by atoms with van der Waals surface area (Å²) >= 11 is 0. The first-order valence-electron chi connectivity index (χ1n) is 8.83. The minimum Gasteiger partial charge on any atom is -0.457 e. The van der Waals surface area contributed by atoms with E-state index in [0.29, 0.717) is 24.3 Å². The van der Waals surface area contributed by atoms with Crippen LogP contribution in [0, 0.1) is 0 Å². The first-order chi connectivity index (χ1) is 12.5. The van der Waals surface area contributed by atoms with E-state index in [2.05, 4.69) is 0 Å². The second-order valence-corrected chi connectivity index (χ2v) is 8.72. The summed E-state index contributed by atoms with van der Waals surface area (Å²) in [7, 11) is -3.03. The van der Waals surface area contributed by atoms with Crippen molar-refractivity contribution in [1.82, 2.24) is 4.90 Å². The molecule has 1 fully saturated rings. The molecule has 1 amide bonds. The van der Waals surface area contributed by atoms with E-state index < -0.39 is 9.84 Å². The first kappa shape index (κ1) is 18.5. The fourth-order valence-corrected chi connectivity index (χ4v) is 4.90. The van der Waals surface area contributed by atoms with Gasteiger partial charge in [0.1, 0.15) is 11.5 Å². The van der Waals surface area contributed by atoms with Gasteiger partial charge in [-0.15, -0.1) is 0 Å². The van der Waals surface area contributed by atoms with Crippen LogP contribution in [0.4, 0.5) is 0 Å². The lowest BCUT2D eigenvalue weighted by Crippen LogP contribution is -2.41. The molecule has 0 saturated carbocycles. The van der Waals surface area contributed by atoms with E-state index >= 15 is 0 Å². The number of hydrogen-bond acceptors (Lipinski definition) is 4. The largest absolute Gasteiger partial charge is 0.457 e. The van der Waals surface area contributed by atoms with E-state index in [1.165, 1.54) is 0 Å². The minimum absolute atomic E-state index is 0.0634. The van der Waals surface area contributed by atoms with Crippen molar-refractivity contribution in [1.29, 1.82) is 0 Å². The van der Waals surface area contributed by atoms with Crippen LogP contribution in [0.1, 0.15) is 30.1 Å². The highest BCUT2D eigenvalue weighted by atomic mass is 32.2. The lowest BCUT2D eigenvalue weighted by Gasteiger charge is -2.28. The standard InChI is InChI=1S/C20H23NO4S/c1-2-13-21(17-12-14-26(23,24)15-17)20(22)16-8-10-19(11-9-16)25-18-6-4-3-5-7-18/h3-11,17H,2,12-15H2,1H3/t17-/m1/s1. The molecule has 6 heteroatoms. The van der Waals surface area contributed by atoms with Crippen LogP contribution in [-0.2, 0) is 9.84 Å². The van der Waals surface area contributed by atoms with Crippen molar-refractivity contribution in [2.75, 3.05) is 18.1 Å². The molecule has 138 valence electrons. The quantitative estimate of drug-likeness (QED) is 0.777. The molecule has 0 aromatic heterocycles. The number of rotatable bonds is 6. The number of hydrogen-bond donors (Lipinski definition) is 0. The molecule has 1 aliphatic rings. The molecule has 0 N–H and O–H groups in total. The Labute approximate surface area is 154 Å². The molecule has 1 atom stereocenters. The summed E-state index contributed by atoms with van der Waals surface area (Å²) < 4.78 is 29.3. The van der Waals surface area contributed by atoms with Gasteiger partial charge < -0.3 is 9.64 Å². The Morgan fingerprint density at radius 2 is 1.73 bits per heavy atom. The molecule has 3 rings (SSSR count). The van der Waals surface area contributed by atoms with Gasteiger partial charge in [-0.3, -0.25) is 4.79 Å². The van der Waals surface area contributed by atoms with Crippen molar-refractivity contribution in [3.05, 3.63) is 60.2 Å².